The Kier molecular flexibility index (Phi) is 3.70. The van der Waals surface area contributed by atoms with Crippen molar-refractivity contribution in [2.75, 3.05) is 13.2 Å². The van der Waals surface area contributed by atoms with Crippen LogP contribution in [-0.4, -0.2) is 19.3 Å². The fourth-order valence-corrected chi connectivity index (χ4v) is 3.45. The number of rotatable bonds is 3. The number of hydrogen-bond acceptors (Lipinski definition) is 3. The Labute approximate surface area is 128 Å². The van der Waals surface area contributed by atoms with Crippen molar-refractivity contribution in [3.63, 3.8) is 0 Å². The molecule has 0 amide bonds. The van der Waals surface area contributed by atoms with E-state index in [2.05, 4.69) is 36.7 Å². The van der Waals surface area contributed by atoms with Crippen molar-refractivity contribution < 1.29 is 14.2 Å². The van der Waals surface area contributed by atoms with Crippen molar-refractivity contribution in [1.82, 2.24) is 0 Å². The number of benzene rings is 1. The highest BCUT2D eigenvalue weighted by atomic mass is 79.9. The summed E-state index contributed by atoms with van der Waals surface area (Å²) >= 11 is 3.45. The lowest BCUT2D eigenvalue weighted by molar-refractivity contribution is -0.505. The third-order valence-electron chi connectivity index (χ3n) is 4.72. The molecule has 20 heavy (non-hydrogen) atoms. The molecular formula is C16H21BrO3. The monoisotopic (exact) mass is 340 g/mol. The van der Waals surface area contributed by atoms with Gasteiger partial charge in [-0.2, -0.15) is 0 Å². The van der Waals surface area contributed by atoms with Crippen LogP contribution >= 0.6 is 15.9 Å². The van der Waals surface area contributed by atoms with Crippen molar-refractivity contribution in [1.29, 1.82) is 0 Å². The van der Waals surface area contributed by atoms with Crippen LogP contribution in [0.3, 0.4) is 0 Å². The Morgan fingerprint density at radius 1 is 1.20 bits per heavy atom. The fraction of sp³-hybridized carbons (Fsp3) is 0.625. The highest BCUT2D eigenvalue weighted by Crippen LogP contribution is 2.52. The SMILES string of the molecule is CCC1OC2(c3ccc(Br)cc3)OCC1(C(C)C)CO2. The molecular weight excluding hydrogens is 320 g/mol. The summed E-state index contributed by atoms with van der Waals surface area (Å²) in [6.07, 6.45) is 1.15. The Hall–Kier alpha value is -0.420. The third-order valence-corrected chi connectivity index (χ3v) is 5.25. The third kappa shape index (κ3) is 2.05. The number of hydrogen-bond donors (Lipinski definition) is 0. The van der Waals surface area contributed by atoms with Gasteiger partial charge in [0.1, 0.15) is 0 Å². The smallest absolute Gasteiger partial charge is 0.312 e. The van der Waals surface area contributed by atoms with Gasteiger partial charge in [-0.05, 0) is 36.6 Å². The molecule has 0 radical (unpaired) electrons. The largest absolute Gasteiger partial charge is 0.323 e. The highest BCUT2D eigenvalue weighted by Gasteiger charge is 2.59. The second-order valence-electron chi connectivity index (χ2n) is 6.04. The highest BCUT2D eigenvalue weighted by molar-refractivity contribution is 9.10. The Balaban J connectivity index is 1.93. The van der Waals surface area contributed by atoms with E-state index in [1.165, 1.54) is 0 Å². The van der Waals surface area contributed by atoms with E-state index in [0.29, 0.717) is 19.1 Å². The molecule has 3 saturated heterocycles. The molecule has 3 fully saturated rings. The normalized spacial score (nSPS) is 36.5. The molecule has 0 saturated carbocycles. The summed E-state index contributed by atoms with van der Waals surface area (Å²) in [5.41, 5.74) is 0.905. The van der Waals surface area contributed by atoms with E-state index in [1.807, 2.05) is 24.3 Å². The van der Waals surface area contributed by atoms with Crippen LogP contribution < -0.4 is 0 Å². The van der Waals surface area contributed by atoms with Gasteiger partial charge in [0.25, 0.3) is 0 Å². The first kappa shape index (κ1) is 14.5. The predicted molar refractivity (Wildman–Crippen MR) is 80.2 cm³/mol. The predicted octanol–water partition coefficient (Wildman–Crippen LogP) is 4.06. The first-order valence-corrected chi connectivity index (χ1v) is 8.03. The molecule has 0 N–H and O–H groups in total. The number of fused-ring (bicyclic) bond motifs is 3. The molecule has 1 unspecified atom stereocenters. The van der Waals surface area contributed by atoms with E-state index in [1.54, 1.807) is 0 Å². The molecule has 4 heteroatoms. The zero-order valence-electron chi connectivity index (χ0n) is 12.2. The van der Waals surface area contributed by atoms with E-state index in [0.717, 1.165) is 16.5 Å². The van der Waals surface area contributed by atoms with E-state index >= 15 is 0 Å². The second-order valence-corrected chi connectivity index (χ2v) is 6.96. The molecule has 1 atom stereocenters. The van der Waals surface area contributed by atoms with Gasteiger partial charge in [0.15, 0.2) is 0 Å². The van der Waals surface area contributed by atoms with Gasteiger partial charge in [-0.3, -0.25) is 0 Å². The average molecular weight is 341 g/mol. The summed E-state index contributed by atoms with van der Waals surface area (Å²) in [5, 5.41) is 0. The Bertz CT molecular complexity index is 475. The first-order chi connectivity index (χ1) is 9.52. The number of ether oxygens (including phenoxy) is 3. The Morgan fingerprint density at radius 2 is 1.80 bits per heavy atom. The molecule has 0 aliphatic carbocycles. The summed E-state index contributed by atoms with van der Waals surface area (Å²) in [6, 6.07) is 7.95. The van der Waals surface area contributed by atoms with Crippen LogP contribution in [0.25, 0.3) is 0 Å². The van der Waals surface area contributed by atoms with Crippen LogP contribution in [0.1, 0.15) is 32.8 Å². The van der Waals surface area contributed by atoms with Gasteiger partial charge < -0.3 is 14.2 Å². The summed E-state index contributed by atoms with van der Waals surface area (Å²) in [6.45, 7) is 8.00. The van der Waals surface area contributed by atoms with Crippen LogP contribution in [0.15, 0.2) is 28.7 Å². The van der Waals surface area contributed by atoms with E-state index in [4.69, 9.17) is 14.2 Å². The van der Waals surface area contributed by atoms with Gasteiger partial charge in [0.05, 0.1) is 19.3 Å². The molecule has 2 bridgehead atoms. The maximum Gasteiger partial charge on any atom is 0.312 e. The van der Waals surface area contributed by atoms with Crippen LogP contribution in [0.5, 0.6) is 0 Å². The summed E-state index contributed by atoms with van der Waals surface area (Å²) < 4.78 is 19.3. The van der Waals surface area contributed by atoms with Crippen molar-refractivity contribution >= 4 is 15.9 Å². The zero-order valence-corrected chi connectivity index (χ0v) is 13.8. The first-order valence-electron chi connectivity index (χ1n) is 7.24. The van der Waals surface area contributed by atoms with Gasteiger partial charge >= 0.3 is 5.97 Å². The molecule has 3 heterocycles. The molecule has 110 valence electrons. The van der Waals surface area contributed by atoms with Crippen LogP contribution in [0.2, 0.25) is 0 Å². The van der Waals surface area contributed by atoms with Crippen LogP contribution in [0.4, 0.5) is 0 Å². The minimum Gasteiger partial charge on any atom is -0.323 e. The molecule has 3 aliphatic heterocycles. The topological polar surface area (TPSA) is 27.7 Å². The second kappa shape index (κ2) is 5.09. The fourth-order valence-electron chi connectivity index (χ4n) is 3.18. The molecule has 1 aromatic carbocycles. The standard InChI is InChI=1S/C16H21BrO3/c1-4-14-15(11(2)3)9-18-16(20-14,19-10-15)12-5-7-13(17)8-6-12/h5-8,11,14H,4,9-10H2,1-3H3. The maximum atomic E-state index is 6.25. The van der Waals surface area contributed by atoms with E-state index < -0.39 is 5.97 Å². The van der Waals surface area contributed by atoms with Gasteiger partial charge in [-0.1, -0.05) is 36.7 Å². The lowest BCUT2D eigenvalue weighted by atomic mass is 9.71. The maximum absolute atomic E-state index is 6.25. The lowest BCUT2D eigenvalue weighted by Gasteiger charge is -2.57. The molecule has 0 aromatic heterocycles. The molecule has 1 aromatic rings. The Morgan fingerprint density at radius 3 is 2.30 bits per heavy atom. The number of halogens is 1. The quantitative estimate of drug-likeness (QED) is 0.830. The molecule has 0 spiro atoms. The molecule has 4 rings (SSSR count). The molecule has 3 nitrogen and oxygen atoms in total. The van der Waals surface area contributed by atoms with Crippen molar-refractivity contribution in [3.8, 4) is 0 Å². The lowest BCUT2D eigenvalue weighted by Crippen LogP contribution is -2.64. The summed E-state index contributed by atoms with van der Waals surface area (Å²) in [7, 11) is 0. The van der Waals surface area contributed by atoms with Gasteiger partial charge in [-0.15, -0.1) is 0 Å². The van der Waals surface area contributed by atoms with Crippen molar-refractivity contribution in [2.24, 2.45) is 11.3 Å². The molecule has 3 aliphatic rings. The van der Waals surface area contributed by atoms with Gasteiger partial charge in [0, 0.05) is 15.5 Å². The summed E-state index contributed by atoms with van der Waals surface area (Å²) in [5.74, 6) is -0.548. The van der Waals surface area contributed by atoms with Gasteiger partial charge in [0.2, 0.25) is 0 Å². The van der Waals surface area contributed by atoms with Crippen LogP contribution in [0, 0.1) is 11.3 Å². The summed E-state index contributed by atoms with van der Waals surface area (Å²) in [4.78, 5) is 0. The minimum atomic E-state index is -1.02. The van der Waals surface area contributed by atoms with Crippen LogP contribution in [-0.2, 0) is 20.2 Å². The minimum absolute atomic E-state index is 0.0220. The van der Waals surface area contributed by atoms with E-state index in [-0.39, 0.29) is 11.5 Å². The average Bonchev–Trinajstić information content (AvgIpc) is 2.48. The van der Waals surface area contributed by atoms with Gasteiger partial charge in [-0.25, -0.2) is 0 Å². The van der Waals surface area contributed by atoms with E-state index in [9.17, 15) is 0 Å². The van der Waals surface area contributed by atoms with Crippen molar-refractivity contribution in [3.05, 3.63) is 34.3 Å². The van der Waals surface area contributed by atoms with Crippen molar-refractivity contribution in [2.45, 2.75) is 39.3 Å². The zero-order chi connectivity index (χ0) is 14.4.